The normalized spacial score (nSPS) is 26.8. The van der Waals surface area contributed by atoms with Crippen molar-refractivity contribution in [3.8, 4) is 0 Å². The number of fused-ring (bicyclic) bond motifs is 1. The minimum absolute atomic E-state index is 0.638. The second kappa shape index (κ2) is 2.50. The van der Waals surface area contributed by atoms with Gasteiger partial charge < -0.3 is 0 Å². The summed E-state index contributed by atoms with van der Waals surface area (Å²) in [5.74, 6) is -2.55. The van der Waals surface area contributed by atoms with Crippen LogP contribution in [0.25, 0.3) is 0 Å². The number of rotatable bonds is 0. The van der Waals surface area contributed by atoms with Crippen LogP contribution in [0.5, 0.6) is 0 Å². The van der Waals surface area contributed by atoms with Gasteiger partial charge in [-0.15, -0.1) is 0 Å². The molecule has 2 aliphatic heterocycles. The lowest BCUT2D eigenvalue weighted by Gasteiger charge is -2.16. The van der Waals surface area contributed by atoms with E-state index >= 15 is 0 Å². The molecular weight excluding hydrogens is 212 g/mol. The number of nitrogens with zero attached hydrogens (tertiary/aromatic N) is 2. The van der Waals surface area contributed by atoms with Crippen molar-refractivity contribution in [2.75, 3.05) is 0 Å². The molecule has 0 atom stereocenters. The van der Waals surface area contributed by atoms with E-state index in [-0.39, 0.29) is 0 Å². The van der Waals surface area contributed by atoms with E-state index in [1.807, 2.05) is 0 Å². The predicted molar refractivity (Wildman–Crippen MR) is 51.3 cm³/mol. The smallest absolute Gasteiger partial charge is 0.264 e. The van der Waals surface area contributed by atoms with Gasteiger partial charge in [-0.1, -0.05) is 0 Å². The summed E-state index contributed by atoms with van der Waals surface area (Å²) in [6.45, 7) is 5.63. The van der Waals surface area contributed by atoms with Crippen LogP contribution in [0.3, 0.4) is 0 Å². The Balaban J connectivity index is 2.59. The maximum atomic E-state index is 11.9. The van der Waals surface area contributed by atoms with Crippen LogP contribution in [-0.2, 0) is 19.2 Å². The maximum Gasteiger partial charge on any atom is 0.264 e. The molecule has 0 aromatic carbocycles. The molecule has 2 fully saturated rings. The zero-order valence-electron chi connectivity index (χ0n) is 9.53. The number of carbonyl (C=O) groups excluding carboxylic acids is 4. The van der Waals surface area contributed by atoms with Crippen molar-refractivity contribution in [3.05, 3.63) is 0 Å². The molecule has 0 saturated carbocycles. The van der Waals surface area contributed by atoms with Crippen LogP contribution in [0.15, 0.2) is 0 Å². The van der Waals surface area contributed by atoms with Crippen molar-refractivity contribution in [2.24, 2.45) is 10.8 Å². The van der Waals surface area contributed by atoms with Gasteiger partial charge in [0.05, 0.1) is 0 Å². The monoisotopic (exact) mass is 224 g/mol. The molecule has 6 heteroatoms. The van der Waals surface area contributed by atoms with Crippen molar-refractivity contribution >= 4 is 23.6 Å². The molecule has 6 nitrogen and oxygen atoms in total. The Morgan fingerprint density at radius 2 is 0.812 bits per heavy atom. The fourth-order valence-corrected chi connectivity index (χ4v) is 1.79. The third-order valence-electron chi connectivity index (χ3n) is 3.11. The van der Waals surface area contributed by atoms with Gasteiger partial charge in [-0.2, -0.15) is 10.0 Å². The first-order valence-corrected chi connectivity index (χ1v) is 4.91. The quantitative estimate of drug-likeness (QED) is 0.418. The van der Waals surface area contributed by atoms with Gasteiger partial charge in [0.15, 0.2) is 0 Å². The Kier molecular flexibility index (Phi) is 1.69. The number of carbonyl (C=O) groups is 4. The average molecular weight is 224 g/mol. The third kappa shape index (κ3) is 0.874. The van der Waals surface area contributed by atoms with E-state index in [4.69, 9.17) is 0 Å². The molecule has 2 saturated heterocycles. The van der Waals surface area contributed by atoms with Gasteiger partial charge in [0.1, 0.15) is 10.8 Å². The van der Waals surface area contributed by atoms with Crippen LogP contribution >= 0.6 is 0 Å². The SMILES string of the molecule is CC1(C)C(=O)N2C(=O)C(C)(C)C(=O)N2C1=O. The molecule has 0 aromatic heterocycles. The number of amides is 4. The van der Waals surface area contributed by atoms with E-state index in [2.05, 4.69) is 0 Å². The van der Waals surface area contributed by atoms with E-state index in [1.165, 1.54) is 27.7 Å². The molecule has 0 aromatic rings. The van der Waals surface area contributed by atoms with Gasteiger partial charge in [0.25, 0.3) is 23.6 Å². The molecule has 2 aliphatic rings. The first-order valence-electron chi connectivity index (χ1n) is 4.91. The fourth-order valence-electron chi connectivity index (χ4n) is 1.79. The van der Waals surface area contributed by atoms with Crippen molar-refractivity contribution in [1.82, 2.24) is 10.0 Å². The summed E-state index contributed by atoms with van der Waals surface area (Å²) in [6, 6.07) is 0. The molecule has 0 aliphatic carbocycles. The maximum absolute atomic E-state index is 11.9. The number of imide groups is 2. The summed E-state index contributed by atoms with van der Waals surface area (Å²) in [5.41, 5.74) is -2.66. The Morgan fingerprint density at radius 1 is 0.625 bits per heavy atom. The molecule has 4 amide bonds. The molecule has 0 bridgehead atoms. The lowest BCUT2D eigenvalue weighted by atomic mass is 9.88. The Morgan fingerprint density at radius 3 is 1.00 bits per heavy atom. The lowest BCUT2D eigenvalue weighted by Crippen LogP contribution is -2.39. The van der Waals surface area contributed by atoms with Crippen LogP contribution in [-0.4, -0.2) is 33.6 Å². The van der Waals surface area contributed by atoms with E-state index in [9.17, 15) is 19.2 Å². The first-order chi connectivity index (χ1) is 7.13. The highest BCUT2D eigenvalue weighted by molar-refractivity contribution is 6.28. The van der Waals surface area contributed by atoms with Crippen molar-refractivity contribution in [1.29, 1.82) is 0 Å². The zero-order valence-corrected chi connectivity index (χ0v) is 9.53. The van der Waals surface area contributed by atoms with Gasteiger partial charge in [-0.3, -0.25) is 19.2 Å². The van der Waals surface area contributed by atoms with Crippen LogP contribution in [0.1, 0.15) is 27.7 Å². The third-order valence-corrected chi connectivity index (χ3v) is 3.11. The predicted octanol–water partition coefficient (Wildman–Crippen LogP) is -0.309. The Labute approximate surface area is 92.1 Å². The molecule has 2 rings (SSSR count). The van der Waals surface area contributed by atoms with Gasteiger partial charge in [0.2, 0.25) is 0 Å². The Hall–Kier alpha value is -1.72. The first kappa shape index (κ1) is 10.8. The second-order valence-corrected chi connectivity index (χ2v) is 5.09. The summed E-state index contributed by atoms with van der Waals surface area (Å²) < 4.78 is 0. The molecule has 0 radical (unpaired) electrons. The molecule has 0 spiro atoms. The highest BCUT2D eigenvalue weighted by Crippen LogP contribution is 2.41. The van der Waals surface area contributed by atoms with Crippen LogP contribution < -0.4 is 0 Å². The van der Waals surface area contributed by atoms with Crippen molar-refractivity contribution in [3.63, 3.8) is 0 Å². The summed E-state index contributed by atoms with van der Waals surface area (Å²) in [7, 11) is 0. The van der Waals surface area contributed by atoms with Gasteiger partial charge in [-0.05, 0) is 27.7 Å². The summed E-state index contributed by atoms with van der Waals surface area (Å²) in [4.78, 5) is 47.4. The zero-order chi connectivity index (χ0) is 12.5. The van der Waals surface area contributed by atoms with Crippen LogP contribution in [0.2, 0.25) is 0 Å². The molecular formula is C10H12N2O4. The largest absolute Gasteiger partial charge is 0.271 e. The molecule has 0 N–H and O–H groups in total. The Bertz CT molecular complexity index is 372. The lowest BCUT2D eigenvalue weighted by molar-refractivity contribution is -0.159. The van der Waals surface area contributed by atoms with Crippen molar-refractivity contribution in [2.45, 2.75) is 27.7 Å². The highest BCUT2D eigenvalue weighted by atomic mass is 16.2. The second-order valence-electron chi connectivity index (χ2n) is 5.09. The van der Waals surface area contributed by atoms with Gasteiger partial charge >= 0.3 is 0 Å². The minimum Gasteiger partial charge on any atom is -0.271 e. The van der Waals surface area contributed by atoms with Gasteiger partial charge in [-0.25, -0.2) is 0 Å². The topological polar surface area (TPSA) is 74.8 Å². The van der Waals surface area contributed by atoms with Crippen LogP contribution in [0, 0.1) is 10.8 Å². The molecule has 0 unspecified atom stereocenters. The van der Waals surface area contributed by atoms with E-state index in [0.29, 0.717) is 10.0 Å². The standard InChI is InChI=1S/C10H12N2O4/c1-9(2)5(13)11-7(15)10(3,4)8(16)12(11)6(9)14/h1-4H3. The summed E-state index contributed by atoms with van der Waals surface area (Å²) in [5, 5.41) is 1.34. The van der Waals surface area contributed by atoms with E-state index in [1.54, 1.807) is 0 Å². The van der Waals surface area contributed by atoms with Crippen molar-refractivity contribution < 1.29 is 19.2 Å². The van der Waals surface area contributed by atoms with E-state index in [0.717, 1.165) is 0 Å². The van der Waals surface area contributed by atoms with Gasteiger partial charge in [0, 0.05) is 0 Å². The summed E-state index contributed by atoms with van der Waals surface area (Å²) >= 11 is 0. The minimum atomic E-state index is -1.33. The van der Waals surface area contributed by atoms with E-state index < -0.39 is 34.5 Å². The molecule has 86 valence electrons. The summed E-state index contributed by atoms with van der Waals surface area (Å²) in [6.07, 6.45) is 0. The van der Waals surface area contributed by atoms with Crippen LogP contribution in [0.4, 0.5) is 0 Å². The number of hydrazine groups is 1. The molecule has 16 heavy (non-hydrogen) atoms. The highest BCUT2D eigenvalue weighted by Gasteiger charge is 2.66. The average Bonchev–Trinajstić information content (AvgIpc) is 2.46. The fraction of sp³-hybridized carbons (Fsp3) is 0.600. The number of hydrogen-bond donors (Lipinski definition) is 0. The molecule has 2 heterocycles. The number of hydrogen-bond acceptors (Lipinski definition) is 4.